The van der Waals surface area contributed by atoms with Crippen LogP contribution in [0.25, 0.3) is 0 Å². The summed E-state index contributed by atoms with van der Waals surface area (Å²) in [5.41, 5.74) is 0.0255. The van der Waals surface area contributed by atoms with E-state index in [0.717, 1.165) is 6.08 Å². The molecule has 0 saturated heterocycles. The number of carbonyl (C=O) groups excluding carboxylic acids is 1. The molecule has 0 aliphatic rings. The van der Waals surface area contributed by atoms with Gasteiger partial charge in [-0.25, -0.2) is 4.39 Å². The Hall–Kier alpha value is -1.18. The van der Waals surface area contributed by atoms with Crippen LogP contribution in [0.5, 0.6) is 0 Å². The van der Waals surface area contributed by atoms with Gasteiger partial charge in [-0.2, -0.15) is 0 Å². The summed E-state index contributed by atoms with van der Waals surface area (Å²) in [6, 6.07) is 0. The van der Waals surface area contributed by atoms with Gasteiger partial charge in [0, 0.05) is 5.57 Å². The topological polar surface area (TPSA) is 17.1 Å². The predicted molar refractivity (Wildman–Crippen MR) is 39.2 cm³/mol. The molecule has 0 rings (SSSR count). The minimum absolute atomic E-state index is 0.0255. The highest BCUT2D eigenvalue weighted by Gasteiger charge is 1.95. The lowest BCUT2D eigenvalue weighted by Crippen LogP contribution is -1.81. The van der Waals surface area contributed by atoms with Gasteiger partial charge in [0.25, 0.3) is 0 Å². The van der Waals surface area contributed by atoms with E-state index in [9.17, 15) is 9.18 Å². The molecule has 0 aliphatic heterocycles. The first-order chi connectivity index (χ1) is 4.76. The van der Waals surface area contributed by atoms with Crippen molar-refractivity contribution in [1.29, 1.82) is 0 Å². The highest BCUT2D eigenvalue weighted by molar-refractivity contribution is 5.78. The summed E-state index contributed by atoms with van der Waals surface area (Å²) < 4.78 is 12.5. The maximum Gasteiger partial charge on any atom is 0.152 e. The second kappa shape index (κ2) is 4.68. The molecule has 0 heterocycles. The first kappa shape index (κ1) is 8.82. The van der Waals surface area contributed by atoms with E-state index in [1.165, 1.54) is 6.08 Å². The van der Waals surface area contributed by atoms with Gasteiger partial charge < -0.3 is 0 Å². The van der Waals surface area contributed by atoms with Crippen LogP contribution in [0, 0.1) is 0 Å². The maximum atomic E-state index is 12.5. The number of rotatable bonds is 3. The van der Waals surface area contributed by atoms with E-state index in [-0.39, 0.29) is 5.57 Å². The Morgan fingerprint density at radius 3 is 2.50 bits per heavy atom. The largest absolute Gasteiger partial charge is 0.298 e. The number of aldehydes is 1. The highest BCUT2D eigenvalue weighted by atomic mass is 19.1. The van der Waals surface area contributed by atoms with Crippen LogP contribution >= 0.6 is 0 Å². The quantitative estimate of drug-likeness (QED) is 0.333. The molecule has 0 atom stereocenters. The Labute approximate surface area is 59.6 Å². The van der Waals surface area contributed by atoms with E-state index in [1.54, 1.807) is 13.0 Å². The van der Waals surface area contributed by atoms with Crippen LogP contribution in [-0.2, 0) is 4.79 Å². The van der Waals surface area contributed by atoms with E-state index < -0.39 is 5.83 Å². The molecule has 0 aromatic heterocycles. The third-order valence-corrected chi connectivity index (χ3v) is 0.928. The van der Waals surface area contributed by atoms with Crippen LogP contribution in [0.4, 0.5) is 4.39 Å². The minimum Gasteiger partial charge on any atom is -0.298 e. The smallest absolute Gasteiger partial charge is 0.152 e. The van der Waals surface area contributed by atoms with Gasteiger partial charge in [0.15, 0.2) is 6.29 Å². The van der Waals surface area contributed by atoms with E-state index in [4.69, 9.17) is 0 Å². The summed E-state index contributed by atoms with van der Waals surface area (Å²) in [5.74, 6) is -0.590. The Balaban J connectivity index is 4.61. The van der Waals surface area contributed by atoms with Gasteiger partial charge in [0.05, 0.1) is 0 Å². The van der Waals surface area contributed by atoms with Crippen LogP contribution in [0.1, 0.15) is 6.92 Å². The Morgan fingerprint density at radius 2 is 2.20 bits per heavy atom. The van der Waals surface area contributed by atoms with Gasteiger partial charge in [0.2, 0.25) is 0 Å². The first-order valence-corrected chi connectivity index (χ1v) is 2.86. The van der Waals surface area contributed by atoms with Crippen molar-refractivity contribution in [3.05, 3.63) is 36.2 Å². The third kappa shape index (κ3) is 2.40. The number of hydrogen-bond acceptors (Lipinski definition) is 1. The summed E-state index contributed by atoms with van der Waals surface area (Å²) in [6.45, 7) is 4.89. The number of carbonyl (C=O) groups is 1. The van der Waals surface area contributed by atoms with E-state index in [0.29, 0.717) is 6.29 Å². The minimum atomic E-state index is -0.590. The molecular formula is C8H9FO. The third-order valence-electron chi connectivity index (χ3n) is 0.928. The molecule has 0 fully saturated rings. The second-order valence-electron chi connectivity index (χ2n) is 1.63. The first-order valence-electron chi connectivity index (χ1n) is 2.86. The SMILES string of the molecule is C=C/C(F)=C(C=O)\C=C/C. The average molecular weight is 140 g/mol. The van der Waals surface area contributed by atoms with Crippen LogP contribution in [0.15, 0.2) is 36.2 Å². The Bertz CT molecular complexity index is 189. The number of hydrogen-bond donors (Lipinski definition) is 0. The van der Waals surface area contributed by atoms with Crippen molar-refractivity contribution in [1.82, 2.24) is 0 Å². The lowest BCUT2D eigenvalue weighted by atomic mass is 10.2. The molecular weight excluding hydrogens is 131 g/mol. The van der Waals surface area contributed by atoms with Gasteiger partial charge >= 0.3 is 0 Å². The molecule has 0 saturated carbocycles. The maximum absolute atomic E-state index is 12.5. The average Bonchev–Trinajstić information content (AvgIpc) is 1.99. The van der Waals surface area contributed by atoms with Gasteiger partial charge in [-0.05, 0) is 13.0 Å². The summed E-state index contributed by atoms with van der Waals surface area (Å²) >= 11 is 0. The van der Waals surface area contributed by atoms with Crippen molar-refractivity contribution >= 4 is 6.29 Å². The zero-order valence-corrected chi connectivity index (χ0v) is 5.80. The molecule has 0 N–H and O–H groups in total. The van der Waals surface area contributed by atoms with Crippen molar-refractivity contribution in [2.45, 2.75) is 6.92 Å². The Morgan fingerprint density at radius 1 is 1.60 bits per heavy atom. The van der Waals surface area contributed by atoms with Crippen LogP contribution < -0.4 is 0 Å². The molecule has 0 unspecified atom stereocenters. The zero-order chi connectivity index (χ0) is 7.98. The monoisotopic (exact) mass is 140 g/mol. The summed E-state index contributed by atoms with van der Waals surface area (Å²) in [7, 11) is 0. The molecule has 0 spiro atoms. The van der Waals surface area contributed by atoms with Crippen LogP contribution in [-0.4, -0.2) is 6.29 Å². The molecule has 0 radical (unpaired) electrons. The molecule has 2 heteroatoms. The molecule has 0 aromatic carbocycles. The van der Waals surface area contributed by atoms with Crippen molar-refractivity contribution in [3.8, 4) is 0 Å². The van der Waals surface area contributed by atoms with Gasteiger partial charge in [-0.3, -0.25) is 4.79 Å². The summed E-state index contributed by atoms with van der Waals surface area (Å²) in [6.07, 6.45) is 4.44. The normalized spacial score (nSPS) is 13.0. The van der Waals surface area contributed by atoms with Crippen LogP contribution in [0.3, 0.4) is 0 Å². The molecule has 0 aliphatic carbocycles. The predicted octanol–water partition coefficient (Wildman–Crippen LogP) is 2.17. The molecule has 10 heavy (non-hydrogen) atoms. The fraction of sp³-hybridized carbons (Fsp3) is 0.125. The zero-order valence-electron chi connectivity index (χ0n) is 5.80. The Kier molecular flexibility index (Phi) is 4.12. The van der Waals surface area contributed by atoms with Gasteiger partial charge in [-0.15, -0.1) is 0 Å². The van der Waals surface area contributed by atoms with Crippen LogP contribution in [0.2, 0.25) is 0 Å². The second-order valence-corrected chi connectivity index (χ2v) is 1.63. The van der Waals surface area contributed by atoms with Crippen molar-refractivity contribution in [2.24, 2.45) is 0 Å². The van der Waals surface area contributed by atoms with Gasteiger partial charge in [0.1, 0.15) is 5.83 Å². The lowest BCUT2D eigenvalue weighted by Gasteiger charge is -1.88. The fourth-order valence-electron chi connectivity index (χ4n) is 0.473. The molecule has 0 aromatic rings. The molecule has 0 amide bonds. The van der Waals surface area contributed by atoms with Gasteiger partial charge in [-0.1, -0.05) is 18.7 Å². The molecule has 0 bridgehead atoms. The van der Waals surface area contributed by atoms with Crippen molar-refractivity contribution in [2.75, 3.05) is 0 Å². The standard InChI is InChI=1S/C8H9FO/c1-3-5-7(6-10)8(9)4-2/h3-6H,2H2,1H3/b5-3-,8-7-. The fourth-order valence-corrected chi connectivity index (χ4v) is 0.473. The van der Waals surface area contributed by atoms with E-state index in [2.05, 4.69) is 6.58 Å². The van der Waals surface area contributed by atoms with E-state index in [1.807, 2.05) is 0 Å². The molecule has 54 valence electrons. The highest BCUT2D eigenvalue weighted by Crippen LogP contribution is 2.05. The number of allylic oxidation sites excluding steroid dienone is 5. The summed E-state index contributed by atoms with van der Waals surface area (Å²) in [4.78, 5) is 10.1. The van der Waals surface area contributed by atoms with Crippen molar-refractivity contribution in [3.63, 3.8) is 0 Å². The lowest BCUT2D eigenvalue weighted by molar-refractivity contribution is -0.104. The van der Waals surface area contributed by atoms with Crippen molar-refractivity contribution < 1.29 is 9.18 Å². The van der Waals surface area contributed by atoms with E-state index >= 15 is 0 Å². The summed E-state index contributed by atoms with van der Waals surface area (Å²) in [5, 5.41) is 0. The number of halogens is 1. The molecule has 1 nitrogen and oxygen atoms in total.